The minimum atomic E-state index is -0.213. The summed E-state index contributed by atoms with van der Waals surface area (Å²) in [5, 5.41) is 2.81. The largest absolute Gasteiger partial charge is 0.490 e. The molecule has 0 radical (unpaired) electrons. The topological polar surface area (TPSA) is 56.8 Å². The van der Waals surface area contributed by atoms with E-state index in [-0.39, 0.29) is 12.5 Å². The van der Waals surface area contributed by atoms with Crippen LogP contribution in [0, 0.1) is 0 Å². The molecule has 0 spiro atoms. The number of anilines is 1. The van der Waals surface area contributed by atoms with Gasteiger partial charge in [-0.1, -0.05) is 37.3 Å². The number of aryl methyl sites for hydroxylation is 1. The van der Waals surface area contributed by atoms with E-state index in [1.165, 1.54) is 5.56 Å². The summed E-state index contributed by atoms with van der Waals surface area (Å²) in [6.07, 6.45) is 0.973. The van der Waals surface area contributed by atoms with Crippen molar-refractivity contribution in [1.29, 1.82) is 0 Å². The van der Waals surface area contributed by atoms with Crippen LogP contribution in [0.5, 0.6) is 17.2 Å². The molecule has 0 aliphatic heterocycles. The number of ether oxygens (including phenoxy) is 3. The van der Waals surface area contributed by atoms with Crippen molar-refractivity contribution in [3.8, 4) is 17.2 Å². The lowest BCUT2D eigenvalue weighted by Gasteiger charge is -2.10. The molecular weight excluding hydrogens is 366 g/mol. The molecule has 0 saturated carbocycles. The molecule has 0 atom stereocenters. The molecule has 0 bridgehead atoms. The maximum atomic E-state index is 12.1. The summed E-state index contributed by atoms with van der Waals surface area (Å²) in [5.41, 5.74) is 1.92. The molecule has 3 aromatic carbocycles. The Morgan fingerprint density at radius 1 is 0.724 bits per heavy atom. The molecule has 3 aromatic rings. The fraction of sp³-hybridized carbons (Fsp3) is 0.208. The summed E-state index contributed by atoms with van der Waals surface area (Å²) >= 11 is 0. The van der Waals surface area contributed by atoms with Gasteiger partial charge in [0.15, 0.2) is 6.61 Å². The number of para-hydroxylation sites is 1. The van der Waals surface area contributed by atoms with Gasteiger partial charge in [0.1, 0.15) is 30.5 Å². The highest BCUT2D eigenvalue weighted by Gasteiger charge is 2.04. The van der Waals surface area contributed by atoms with Crippen molar-refractivity contribution in [1.82, 2.24) is 0 Å². The zero-order valence-corrected chi connectivity index (χ0v) is 16.5. The standard InChI is InChI=1S/C24H25NO4/c1-2-19-8-12-23(13-9-19)29-18-24(26)25-20-10-14-22(15-11-20)28-17-16-27-21-6-4-3-5-7-21/h3-15H,2,16-18H2,1H3,(H,25,26). The van der Waals surface area contributed by atoms with Gasteiger partial charge < -0.3 is 19.5 Å². The third-order valence-corrected chi connectivity index (χ3v) is 4.20. The maximum absolute atomic E-state index is 12.1. The zero-order chi connectivity index (χ0) is 20.3. The van der Waals surface area contributed by atoms with Crippen molar-refractivity contribution in [2.24, 2.45) is 0 Å². The molecule has 0 saturated heterocycles. The highest BCUT2D eigenvalue weighted by Crippen LogP contribution is 2.16. The van der Waals surface area contributed by atoms with Crippen LogP contribution in [0.1, 0.15) is 12.5 Å². The molecule has 29 heavy (non-hydrogen) atoms. The van der Waals surface area contributed by atoms with Gasteiger partial charge in [0.25, 0.3) is 5.91 Å². The first kappa shape index (κ1) is 20.3. The average Bonchev–Trinajstić information content (AvgIpc) is 2.77. The zero-order valence-electron chi connectivity index (χ0n) is 16.5. The minimum absolute atomic E-state index is 0.0411. The van der Waals surface area contributed by atoms with Crippen LogP contribution < -0.4 is 19.5 Å². The number of benzene rings is 3. The van der Waals surface area contributed by atoms with Gasteiger partial charge in [-0.15, -0.1) is 0 Å². The fourth-order valence-corrected chi connectivity index (χ4v) is 2.64. The Kier molecular flexibility index (Phi) is 7.52. The van der Waals surface area contributed by atoms with E-state index in [0.717, 1.165) is 12.2 Å². The van der Waals surface area contributed by atoms with E-state index in [2.05, 4.69) is 12.2 Å². The molecule has 0 fully saturated rings. The van der Waals surface area contributed by atoms with E-state index in [9.17, 15) is 4.79 Å². The van der Waals surface area contributed by atoms with Crippen LogP contribution in [0.4, 0.5) is 5.69 Å². The van der Waals surface area contributed by atoms with Gasteiger partial charge >= 0.3 is 0 Å². The summed E-state index contributed by atoms with van der Waals surface area (Å²) in [5.74, 6) is 2.00. The summed E-state index contributed by atoms with van der Waals surface area (Å²) in [6, 6.07) is 24.6. The Bertz CT molecular complexity index is 877. The maximum Gasteiger partial charge on any atom is 0.262 e. The van der Waals surface area contributed by atoms with Crippen molar-refractivity contribution in [2.45, 2.75) is 13.3 Å². The summed E-state index contributed by atoms with van der Waals surface area (Å²) < 4.78 is 16.7. The molecule has 0 aromatic heterocycles. The van der Waals surface area contributed by atoms with E-state index < -0.39 is 0 Å². The van der Waals surface area contributed by atoms with Crippen LogP contribution in [0.15, 0.2) is 78.9 Å². The van der Waals surface area contributed by atoms with Gasteiger partial charge in [0.05, 0.1) is 0 Å². The Morgan fingerprint density at radius 2 is 1.28 bits per heavy atom. The number of amides is 1. The normalized spacial score (nSPS) is 10.2. The first-order valence-corrected chi connectivity index (χ1v) is 9.65. The molecule has 150 valence electrons. The molecule has 0 unspecified atom stereocenters. The van der Waals surface area contributed by atoms with E-state index >= 15 is 0 Å². The minimum Gasteiger partial charge on any atom is -0.490 e. The SMILES string of the molecule is CCc1ccc(OCC(=O)Nc2ccc(OCCOc3ccccc3)cc2)cc1. The number of carbonyl (C=O) groups is 1. The summed E-state index contributed by atoms with van der Waals surface area (Å²) in [4.78, 5) is 12.1. The van der Waals surface area contributed by atoms with Crippen LogP contribution in [0.25, 0.3) is 0 Å². The molecule has 1 N–H and O–H groups in total. The second kappa shape index (κ2) is 10.8. The summed E-state index contributed by atoms with van der Waals surface area (Å²) in [6.45, 7) is 2.95. The van der Waals surface area contributed by atoms with E-state index in [0.29, 0.717) is 30.4 Å². The highest BCUT2D eigenvalue weighted by molar-refractivity contribution is 5.91. The number of carbonyl (C=O) groups excluding carboxylic acids is 1. The van der Waals surface area contributed by atoms with Gasteiger partial charge in [-0.2, -0.15) is 0 Å². The van der Waals surface area contributed by atoms with Crippen molar-refractivity contribution >= 4 is 11.6 Å². The van der Waals surface area contributed by atoms with Gasteiger partial charge in [0.2, 0.25) is 0 Å². The molecular formula is C24H25NO4. The number of rotatable bonds is 10. The van der Waals surface area contributed by atoms with Crippen molar-refractivity contribution in [3.05, 3.63) is 84.4 Å². The third-order valence-electron chi connectivity index (χ3n) is 4.20. The predicted molar refractivity (Wildman–Crippen MR) is 114 cm³/mol. The van der Waals surface area contributed by atoms with Crippen LogP contribution in [0.3, 0.4) is 0 Å². The summed E-state index contributed by atoms with van der Waals surface area (Å²) in [7, 11) is 0. The second-order valence-electron chi connectivity index (χ2n) is 6.37. The number of hydrogen-bond donors (Lipinski definition) is 1. The second-order valence-corrected chi connectivity index (χ2v) is 6.37. The predicted octanol–water partition coefficient (Wildman–Crippen LogP) is 4.72. The van der Waals surface area contributed by atoms with Crippen molar-refractivity contribution in [2.75, 3.05) is 25.1 Å². The van der Waals surface area contributed by atoms with Gasteiger partial charge in [0, 0.05) is 5.69 Å². The van der Waals surface area contributed by atoms with Gasteiger partial charge in [-0.25, -0.2) is 0 Å². The molecule has 1 amide bonds. The lowest BCUT2D eigenvalue weighted by molar-refractivity contribution is -0.118. The molecule has 0 heterocycles. The monoisotopic (exact) mass is 391 g/mol. The third kappa shape index (κ3) is 6.88. The van der Waals surface area contributed by atoms with Gasteiger partial charge in [-0.05, 0) is 60.5 Å². The van der Waals surface area contributed by atoms with Gasteiger partial charge in [-0.3, -0.25) is 4.79 Å². The average molecular weight is 391 g/mol. The van der Waals surface area contributed by atoms with Crippen molar-refractivity contribution < 1.29 is 19.0 Å². The molecule has 5 nitrogen and oxygen atoms in total. The van der Waals surface area contributed by atoms with Crippen LogP contribution in [0.2, 0.25) is 0 Å². The Balaban J connectivity index is 1.37. The van der Waals surface area contributed by atoms with Crippen molar-refractivity contribution in [3.63, 3.8) is 0 Å². The van der Waals surface area contributed by atoms with Crippen LogP contribution >= 0.6 is 0 Å². The van der Waals surface area contributed by atoms with E-state index in [1.54, 1.807) is 12.1 Å². The molecule has 3 rings (SSSR count). The fourth-order valence-electron chi connectivity index (χ4n) is 2.64. The van der Waals surface area contributed by atoms with Crippen LogP contribution in [-0.2, 0) is 11.2 Å². The highest BCUT2D eigenvalue weighted by atomic mass is 16.5. The molecule has 0 aliphatic rings. The van der Waals surface area contributed by atoms with E-state index in [1.807, 2.05) is 66.7 Å². The Labute approximate surface area is 171 Å². The quantitative estimate of drug-likeness (QED) is 0.508. The Morgan fingerprint density at radius 3 is 1.90 bits per heavy atom. The first-order chi connectivity index (χ1) is 14.2. The van der Waals surface area contributed by atoms with Crippen LogP contribution in [-0.4, -0.2) is 25.7 Å². The molecule has 5 heteroatoms. The number of nitrogens with one attached hydrogen (secondary N) is 1. The Hall–Kier alpha value is -3.47. The lowest BCUT2D eigenvalue weighted by atomic mass is 10.2. The first-order valence-electron chi connectivity index (χ1n) is 9.65. The number of hydrogen-bond acceptors (Lipinski definition) is 4. The lowest BCUT2D eigenvalue weighted by Crippen LogP contribution is -2.20. The smallest absolute Gasteiger partial charge is 0.262 e. The molecule has 0 aliphatic carbocycles. The van der Waals surface area contributed by atoms with E-state index in [4.69, 9.17) is 14.2 Å².